The third-order valence-corrected chi connectivity index (χ3v) is 2.89. The average Bonchev–Trinajstić information content (AvgIpc) is 2.48. The van der Waals surface area contributed by atoms with Crippen molar-refractivity contribution in [2.75, 3.05) is 17.7 Å². The summed E-state index contributed by atoms with van der Waals surface area (Å²) >= 11 is 0. The zero-order valence-corrected chi connectivity index (χ0v) is 11.6. The van der Waals surface area contributed by atoms with Gasteiger partial charge >= 0.3 is 0 Å². The Morgan fingerprint density at radius 3 is 2.62 bits per heavy atom. The lowest BCUT2D eigenvalue weighted by molar-refractivity contribution is -0.384. The molecule has 0 aliphatic heterocycles. The van der Waals surface area contributed by atoms with Crippen LogP contribution in [0.4, 0.5) is 17.2 Å². The van der Waals surface area contributed by atoms with Crippen LogP contribution in [0.3, 0.4) is 0 Å². The Labute approximate surface area is 121 Å². The predicted molar refractivity (Wildman–Crippen MR) is 79.6 cm³/mol. The van der Waals surface area contributed by atoms with Crippen molar-refractivity contribution in [1.29, 1.82) is 0 Å². The molecule has 1 aromatic heterocycles. The zero-order valence-electron chi connectivity index (χ0n) is 11.6. The molecular formula is C14H14N4O3. The minimum atomic E-state index is -0.535. The Hall–Kier alpha value is -2.96. The summed E-state index contributed by atoms with van der Waals surface area (Å²) in [4.78, 5) is 26.7. The zero-order chi connectivity index (χ0) is 15.4. The van der Waals surface area contributed by atoms with Crippen LogP contribution >= 0.6 is 0 Å². The van der Waals surface area contributed by atoms with E-state index in [0.717, 1.165) is 5.56 Å². The predicted octanol–water partition coefficient (Wildman–Crippen LogP) is 2.59. The number of benzene rings is 1. The Morgan fingerprint density at radius 2 is 2.05 bits per heavy atom. The lowest BCUT2D eigenvalue weighted by Gasteiger charge is -2.09. The van der Waals surface area contributed by atoms with Crippen molar-refractivity contribution in [2.24, 2.45) is 0 Å². The second-order valence-electron chi connectivity index (χ2n) is 4.38. The molecule has 0 unspecified atom stereocenters. The van der Waals surface area contributed by atoms with Crippen molar-refractivity contribution in [3.05, 3.63) is 57.8 Å². The van der Waals surface area contributed by atoms with Crippen molar-refractivity contribution >= 4 is 23.1 Å². The second-order valence-corrected chi connectivity index (χ2v) is 4.38. The monoisotopic (exact) mass is 286 g/mol. The number of carbonyl (C=O) groups excluding carboxylic acids is 1. The Kier molecular flexibility index (Phi) is 4.13. The van der Waals surface area contributed by atoms with Crippen molar-refractivity contribution in [2.45, 2.75) is 6.92 Å². The highest BCUT2D eigenvalue weighted by Gasteiger charge is 2.20. The van der Waals surface area contributed by atoms with Crippen LogP contribution in [0.2, 0.25) is 0 Å². The van der Waals surface area contributed by atoms with Crippen LogP contribution < -0.4 is 10.6 Å². The van der Waals surface area contributed by atoms with Crippen LogP contribution in [0.15, 0.2) is 36.5 Å². The lowest BCUT2D eigenvalue weighted by atomic mass is 10.1. The molecule has 0 aliphatic carbocycles. The second kappa shape index (κ2) is 6.00. The molecule has 2 N–H and O–H groups in total. The summed E-state index contributed by atoms with van der Waals surface area (Å²) in [6, 6.07) is 7.81. The molecule has 0 bridgehead atoms. The average molecular weight is 286 g/mol. The normalized spacial score (nSPS) is 10.0. The highest BCUT2D eigenvalue weighted by atomic mass is 16.6. The third-order valence-electron chi connectivity index (χ3n) is 2.89. The fraction of sp³-hybridized carbons (Fsp3) is 0.143. The van der Waals surface area contributed by atoms with Gasteiger partial charge in [-0.25, -0.2) is 4.98 Å². The number of hydrogen-bond donors (Lipinski definition) is 2. The largest absolute Gasteiger partial charge is 0.382 e. The fourth-order valence-electron chi connectivity index (χ4n) is 1.87. The number of aromatic nitrogens is 1. The van der Waals surface area contributed by atoms with E-state index < -0.39 is 10.8 Å². The molecule has 108 valence electrons. The van der Waals surface area contributed by atoms with E-state index in [4.69, 9.17) is 0 Å². The van der Waals surface area contributed by atoms with Gasteiger partial charge in [0, 0.05) is 19.3 Å². The van der Waals surface area contributed by atoms with E-state index in [9.17, 15) is 14.9 Å². The van der Waals surface area contributed by atoms with Gasteiger partial charge in [-0.3, -0.25) is 14.9 Å². The van der Waals surface area contributed by atoms with Gasteiger partial charge in [0.05, 0.1) is 10.5 Å². The van der Waals surface area contributed by atoms with Gasteiger partial charge in [0.25, 0.3) is 11.6 Å². The molecule has 2 aromatic rings. The Morgan fingerprint density at radius 1 is 1.29 bits per heavy atom. The standard InChI is InChI=1S/C14H14N4O3/c1-9-6-7-12(16-8-9)17-14(19)10-4-3-5-11(18(20)21)13(10)15-2/h3-8,15H,1-2H3,(H,16,17,19). The highest BCUT2D eigenvalue weighted by Crippen LogP contribution is 2.28. The summed E-state index contributed by atoms with van der Waals surface area (Å²) < 4.78 is 0. The molecule has 0 atom stereocenters. The number of aryl methyl sites for hydroxylation is 1. The van der Waals surface area contributed by atoms with E-state index in [-0.39, 0.29) is 16.9 Å². The maximum absolute atomic E-state index is 12.2. The van der Waals surface area contributed by atoms with Crippen molar-refractivity contribution in [3.63, 3.8) is 0 Å². The quantitative estimate of drug-likeness (QED) is 0.665. The Bertz CT molecular complexity index is 683. The number of pyridine rings is 1. The van der Waals surface area contributed by atoms with Gasteiger partial charge in [-0.2, -0.15) is 0 Å². The summed E-state index contributed by atoms with van der Waals surface area (Å²) in [6.07, 6.45) is 1.63. The SMILES string of the molecule is CNc1c(C(=O)Nc2ccc(C)cn2)cccc1[N+](=O)[O-]. The first-order chi connectivity index (χ1) is 10.0. The lowest BCUT2D eigenvalue weighted by Crippen LogP contribution is -2.15. The number of nitrogens with zero attached hydrogens (tertiary/aromatic N) is 2. The van der Waals surface area contributed by atoms with Crippen molar-refractivity contribution < 1.29 is 9.72 Å². The maximum atomic E-state index is 12.2. The highest BCUT2D eigenvalue weighted by molar-refractivity contribution is 6.08. The molecule has 1 aromatic carbocycles. The number of nitrogens with one attached hydrogen (secondary N) is 2. The molecule has 0 spiro atoms. The molecule has 7 nitrogen and oxygen atoms in total. The number of carbonyl (C=O) groups is 1. The van der Waals surface area contributed by atoms with Gasteiger partial charge < -0.3 is 10.6 Å². The van der Waals surface area contributed by atoms with E-state index >= 15 is 0 Å². The molecule has 0 saturated heterocycles. The number of hydrogen-bond acceptors (Lipinski definition) is 5. The number of amides is 1. The first-order valence-electron chi connectivity index (χ1n) is 6.22. The van der Waals surface area contributed by atoms with E-state index in [1.54, 1.807) is 12.3 Å². The van der Waals surface area contributed by atoms with E-state index in [1.807, 2.05) is 13.0 Å². The van der Waals surface area contributed by atoms with Crippen LogP contribution in [0, 0.1) is 17.0 Å². The fourth-order valence-corrected chi connectivity index (χ4v) is 1.87. The summed E-state index contributed by atoms with van der Waals surface area (Å²) in [7, 11) is 1.53. The van der Waals surface area contributed by atoms with Gasteiger partial charge in [0.1, 0.15) is 11.5 Å². The van der Waals surface area contributed by atoms with Gasteiger partial charge in [-0.15, -0.1) is 0 Å². The maximum Gasteiger partial charge on any atom is 0.293 e. The van der Waals surface area contributed by atoms with E-state index in [2.05, 4.69) is 15.6 Å². The first kappa shape index (κ1) is 14.4. The van der Waals surface area contributed by atoms with Crippen molar-refractivity contribution in [3.8, 4) is 0 Å². The van der Waals surface area contributed by atoms with E-state index in [1.165, 1.54) is 25.2 Å². The van der Waals surface area contributed by atoms with Crippen molar-refractivity contribution in [1.82, 2.24) is 4.98 Å². The third kappa shape index (κ3) is 3.14. The van der Waals surface area contributed by atoms with Crippen LogP contribution in [0.25, 0.3) is 0 Å². The molecule has 0 fully saturated rings. The minimum absolute atomic E-state index is 0.151. The van der Waals surface area contributed by atoms with Gasteiger partial charge in [0.15, 0.2) is 0 Å². The summed E-state index contributed by atoms with van der Waals surface area (Å²) in [5.74, 6) is -0.0708. The Balaban J connectivity index is 2.33. The molecule has 2 rings (SSSR count). The summed E-state index contributed by atoms with van der Waals surface area (Å²) in [5, 5.41) is 16.3. The minimum Gasteiger partial charge on any atom is -0.382 e. The number of anilines is 2. The van der Waals surface area contributed by atoms with Gasteiger partial charge in [0.2, 0.25) is 0 Å². The molecule has 0 radical (unpaired) electrons. The van der Waals surface area contributed by atoms with Crippen LogP contribution in [0.1, 0.15) is 15.9 Å². The number of nitro benzene ring substituents is 1. The van der Waals surface area contributed by atoms with Gasteiger partial charge in [-0.1, -0.05) is 12.1 Å². The molecule has 0 aliphatic rings. The molecule has 1 amide bonds. The smallest absolute Gasteiger partial charge is 0.293 e. The summed E-state index contributed by atoms with van der Waals surface area (Å²) in [5.41, 5.74) is 1.18. The molecule has 21 heavy (non-hydrogen) atoms. The molecule has 1 heterocycles. The van der Waals surface area contributed by atoms with E-state index in [0.29, 0.717) is 5.82 Å². The van der Waals surface area contributed by atoms with Gasteiger partial charge in [-0.05, 0) is 24.6 Å². The number of nitro groups is 1. The molecule has 7 heteroatoms. The van der Waals surface area contributed by atoms with Crippen LogP contribution in [-0.2, 0) is 0 Å². The summed E-state index contributed by atoms with van der Waals surface area (Å²) in [6.45, 7) is 1.89. The first-order valence-corrected chi connectivity index (χ1v) is 6.22. The molecule has 0 saturated carbocycles. The number of para-hydroxylation sites is 1. The van der Waals surface area contributed by atoms with Crippen LogP contribution in [0.5, 0.6) is 0 Å². The van der Waals surface area contributed by atoms with Crippen LogP contribution in [-0.4, -0.2) is 22.9 Å². The molecular weight excluding hydrogens is 272 g/mol. The number of rotatable bonds is 4. The topological polar surface area (TPSA) is 97.2 Å².